The zero-order chi connectivity index (χ0) is 9.52. The van der Waals surface area contributed by atoms with Gasteiger partial charge in [0.25, 0.3) is 0 Å². The second-order valence-electron chi connectivity index (χ2n) is 2.67. The summed E-state index contributed by atoms with van der Waals surface area (Å²) in [6, 6.07) is 0. The highest BCUT2D eigenvalue weighted by molar-refractivity contribution is 5.85. The van der Waals surface area contributed by atoms with Crippen LogP contribution < -0.4 is 17.0 Å². The topological polar surface area (TPSA) is 37.5 Å². The monoisotopic (exact) mass is 250 g/mol. The van der Waals surface area contributed by atoms with Crippen LogP contribution in [0.25, 0.3) is 0 Å². The lowest BCUT2D eigenvalue weighted by atomic mass is 10.7. The molecule has 0 aromatic carbocycles. The summed E-state index contributed by atoms with van der Waals surface area (Å²) in [5.74, 6) is 0. The van der Waals surface area contributed by atoms with E-state index >= 15 is 0 Å². The normalized spacial score (nSPS) is 7.87. The van der Waals surface area contributed by atoms with Gasteiger partial charge in [-0.25, -0.2) is 14.1 Å². The van der Waals surface area contributed by atoms with Crippen LogP contribution in [0.5, 0.6) is 0 Å². The highest BCUT2D eigenvalue weighted by Crippen LogP contribution is 1.79. The Balaban J connectivity index is 0. The minimum atomic E-state index is 0. The van der Waals surface area contributed by atoms with Crippen molar-refractivity contribution in [3.8, 4) is 0 Å². The fourth-order valence-corrected chi connectivity index (χ4v) is 0.904. The number of H-pyrrole nitrogens is 1. The van der Waals surface area contributed by atoms with Crippen LogP contribution in [0.4, 0.5) is 0 Å². The average molecular weight is 251 g/mol. The minimum absolute atomic E-state index is 0. The molecule has 0 unspecified atom stereocenters. The van der Waals surface area contributed by atoms with Crippen LogP contribution in [0.3, 0.4) is 0 Å². The molecule has 0 atom stereocenters. The summed E-state index contributed by atoms with van der Waals surface area (Å²) in [4.78, 5) is 6.42. The second kappa shape index (κ2) is 9.55. The largest absolute Gasteiger partial charge is 1.00 e. The molecule has 4 nitrogen and oxygen atoms in total. The smallest absolute Gasteiger partial charge is 0.243 e. The summed E-state index contributed by atoms with van der Waals surface area (Å²) in [6.07, 6.45) is 11.2. The number of rotatable bonds is 1. The molecule has 2 rings (SSSR count). The van der Waals surface area contributed by atoms with E-state index in [4.69, 9.17) is 0 Å². The number of nitrogens with one attached hydrogen (secondary N) is 1. The van der Waals surface area contributed by atoms with Gasteiger partial charge in [-0.2, -0.15) is 0 Å². The summed E-state index contributed by atoms with van der Waals surface area (Å²) < 4.78 is 4.16. The van der Waals surface area contributed by atoms with Gasteiger partial charge < -0.3 is 17.4 Å². The van der Waals surface area contributed by atoms with Gasteiger partial charge in [0.15, 0.2) is 0 Å². The Labute approximate surface area is 102 Å². The van der Waals surface area contributed by atoms with Gasteiger partial charge in [-0.3, -0.25) is 0 Å². The van der Waals surface area contributed by atoms with Crippen molar-refractivity contribution < 1.29 is 17.0 Å². The maximum atomic E-state index is 3.67. The molecule has 0 aliphatic carbocycles. The molecule has 0 radical (unpaired) electrons. The zero-order valence-electron chi connectivity index (χ0n) is 8.80. The Bertz CT molecular complexity index is 301. The Morgan fingerprint density at radius 3 is 2.40 bits per heavy atom. The first kappa shape index (κ1) is 16.4. The van der Waals surface area contributed by atoms with Crippen molar-refractivity contribution >= 4 is 12.4 Å². The van der Waals surface area contributed by atoms with E-state index in [0.29, 0.717) is 0 Å². The van der Waals surface area contributed by atoms with Gasteiger partial charge in [0, 0.05) is 12.4 Å². The van der Waals surface area contributed by atoms with E-state index in [9.17, 15) is 0 Å². The molecule has 0 saturated carbocycles. The molecule has 0 bridgehead atoms. The van der Waals surface area contributed by atoms with Crippen molar-refractivity contribution in [3.05, 3.63) is 37.4 Å². The molecule has 2 aromatic heterocycles. The predicted molar refractivity (Wildman–Crippen MR) is 57.1 cm³/mol. The van der Waals surface area contributed by atoms with Crippen molar-refractivity contribution in [3.63, 3.8) is 0 Å². The average Bonchev–Trinajstić information content (AvgIpc) is 2.76. The summed E-state index contributed by atoms with van der Waals surface area (Å²) in [5, 5.41) is 0. The van der Waals surface area contributed by atoms with Crippen molar-refractivity contribution in [1.82, 2.24) is 14.5 Å². The molecule has 0 amide bonds. The lowest BCUT2D eigenvalue weighted by molar-refractivity contribution is -0.671. The van der Waals surface area contributed by atoms with Gasteiger partial charge >= 0.3 is 0 Å². The Hall–Kier alpha value is -1.00. The van der Waals surface area contributed by atoms with E-state index < -0.39 is 0 Å². The number of hydrogen-bond donors (Lipinski definition) is 1. The quantitative estimate of drug-likeness (QED) is 0.595. The van der Waals surface area contributed by atoms with Crippen molar-refractivity contribution in [2.75, 3.05) is 0 Å². The highest BCUT2D eigenvalue weighted by Gasteiger charge is 1.92. The van der Waals surface area contributed by atoms with E-state index in [1.165, 1.54) is 0 Å². The first-order valence-corrected chi connectivity index (χ1v) is 4.26. The van der Waals surface area contributed by atoms with Gasteiger partial charge in [0.1, 0.15) is 12.4 Å². The van der Waals surface area contributed by atoms with Crippen molar-refractivity contribution in [2.24, 2.45) is 7.05 Å². The Morgan fingerprint density at radius 1 is 1.47 bits per heavy atom. The summed E-state index contributed by atoms with van der Waals surface area (Å²) in [7, 11) is 2.02. The van der Waals surface area contributed by atoms with Gasteiger partial charge in [0.05, 0.1) is 19.9 Å². The number of aryl methyl sites for hydroxylation is 2. The third-order valence-electron chi connectivity index (χ3n) is 1.59. The molecule has 2 aromatic rings. The van der Waals surface area contributed by atoms with Crippen LogP contribution in [0, 0.1) is 0 Å². The van der Waals surface area contributed by atoms with Crippen LogP contribution in [0.15, 0.2) is 37.4 Å². The fraction of sp³-hybridized carbons (Fsp3) is 0.333. The molecule has 2 heterocycles. The molecule has 1 N–H and O–H groups in total. The first-order chi connectivity index (χ1) is 6.33. The number of aromatic nitrogens is 4. The lowest BCUT2D eigenvalue weighted by Gasteiger charge is -1.81. The van der Waals surface area contributed by atoms with Crippen LogP contribution in [-0.2, 0) is 13.6 Å². The lowest BCUT2D eigenvalue weighted by Crippen LogP contribution is -3.00. The molecule has 0 aliphatic rings. The standard InChI is InChI=1S/C6H11N2.C3H4N2.2ClH/c1-3-8-5-4-7(2)6-8;1-2-5-3-4-1;;/h4-6H,3H2,1-2H3;1-3H,(H,4,5);2*1H/q+1;;;/p-1. The van der Waals surface area contributed by atoms with E-state index in [1.54, 1.807) is 18.7 Å². The van der Waals surface area contributed by atoms with E-state index in [2.05, 4.69) is 34.0 Å². The molecular formula is C9H16Cl2N4. The van der Waals surface area contributed by atoms with Crippen molar-refractivity contribution in [2.45, 2.75) is 13.5 Å². The molecule has 15 heavy (non-hydrogen) atoms. The summed E-state index contributed by atoms with van der Waals surface area (Å²) in [5.41, 5.74) is 0. The Kier molecular flexibility index (Phi) is 10.5. The summed E-state index contributed by atoms with van der Waals surface area (Å²) in [6.45, 7) is 3.18. The van der Waals surface area contributed by atoms with Gasteiger partial charge in [-0.1, -0.05) is 0 Å². The van der Waals surface area contributed by atoms with Crippen LogP contribution in [0.1, 0.15) is 6.92 Å². The third-order valence-corrected chi connectivity index (χ3v) is 1.59. The predicted octanol–water partition coefficient (Wildman–Crippen LogP) is -1.83. The highest BCUT2D eigenvalue weighted by atomic mass is 35.5. The van der Waals surface area contributed by atoms with E-state index in [0.717, 1.165) is 6.54 Å². The maximum absolute atomic E-state index is 3.67. The number of halogens is 2. The fourth-order valence-electron chi connectivity index (χ4n) is 0.904. The number of imidazole rings is 2. The van der Waals surface area contributed by atoms with E-state index in [-0.39, 0.29) is 24.8 Å². The number of nitrogens with zero attached hydrogens (tertiary/aromatic N) is 3. The molecule has 0 fully saturated rings. The van der Waals surface area contributed by atoms with Gasteiger partial charge in [-0.15, -0.1) is 12.4 Å². The summed E-state index contributed by atoms with van der Waals surface area (Å²) >= 11 is 0. The third kappa shape index (κ3) is 6.99. The Morgan fingerprint density at radius 2 is 2.20 bits per heavy atom. The molecular weight excluding hydrogens is 235 g/mol. The maximum Gasteiger partial charge on any atom is 0.243 e. The molecule has 6 heteroatoms. The zero-order valence-corrected chi connectivity index (χ0v) is 10.4. The van der Waals surface area contributed by atoms with Crippen LogP contribution in [-0.4, -0.2) is 14.5 Å². The first-order valence-electron chi connectivity index (χ1n) is 4.26. The number of aromatic amines is 1. The molecule has 0 saturated heterocycles. The van der Waals surface area contributed by atoms with Crippen LogP contribution in [0.2, 0.25) is 0 Å². The van der Waals surface area contributed by atoms with Gasteiger partial charge in [-0.05, 0) is 6.92 Å². The van der Waals surface area contributed by atoms with E-state index in [1.807, 2.05) is 17.8 Å². The van der Waals surface area contributed by atoms with Gasteiger partial charge in [0.2, 0.25) is 6.33 Å². The minimum Gasteiger partial charge on any atom is -1.00 e. The molecule has 0 aliphatic heterocycles. The van der Waals surface area contributed by atoms with Crippen LogP contribution >= 0.6 is 12.4 Å². The number of hydrogen-bond acceptors (Lipinski definition) is 1. The second-order valence-corrected chi connectivity index (χ2v) is 2.67. The van der Waals surface area contributed by atoms with Crippen molar-refractivity contribution in [1.29, 1.82) is 0 Å². The molecule has 0 spiro atoms. The SMILES string of the molecule is CCn1cc[n+](C)c1.Cl.[Cl-].c1c[nH]cn1. The molecule has 86 valence electrons.